The third kappa shape index (κ3) is 3.28. The Bertz CT molecular complexity index is 902. The summed E-state index contributed by atoms with van der Waals surface area (Å²) in [7, 11) is 0. The smallest absolute Gasteiger partial charge is 0.335 e. The molecule has 1 aliphatic heterocycles. The Labute approximate surface area is 145 Å². The van der Waals surface area contributed by atoms with Gasteiger partial charge < -0.3 is 5.32 Å². The molecule has 0 atom stereocenters. The third-order valence-electron chi connectivity index (χ3n) is 3.88. The maximum Gasteiger partial charge on any atom is 0.335 e. The summed E-state index contributed by atoms with van der Waals surface area (Å²) in [6.07, 6.45) is 1.33. The van der Waals surface area contributed by atoms with E-state index in [1.165, 1.54) is 6.20 Å². The van der Waals surface area contributed by atoms with E-state index in [9.17, 15) is 14.4 Å². The highest BCUT2D eigenvalue weighted by Crippen LogP contribution is 2.22. The molecular weight excluding hydrogens is 318 g/mol. The first-order valence-electron chi connectivity index (χ1n) is 7.76. The van der Waals surface area contributed by atoms with Crippen LogP contribution < -0.4 is 15.5 Å². The number of nitrogens with one attached hydrogen (secondary N) is 2. The van der Waals surface area contributed by atoms with Crippen molar-refractivity contribution in [3.63, 3.8) is 0 Å². The normalized spacial score (nSPS) is 16.2. The average Bonchev–Trinajstić information content (AvgIpc) is 2.56. The quantitative estimate of drug-likeness (QED) is 0.668. The molecule has 0 aliphatic carbocycles. The van der Waals surface area contributed by atoms with E-state index in [0.29, 0.717) is 5.69 Å². The highest BCUT2D eigenvalue weighted by Gasteiger charge is 2.36. The lowest BCUT2D eigenvalue weighted by Crippen LogP contribution is -2.54. The Kier molecular flexibility index (Phi) is 4.35. The fraction of sp³-hybridized carbons (Fsp3) is 0.105. The molecular formula is C19H17N3O3. The van der Waals surface area contributed by atoms with E-state index >= 15 is 0 Å². The summed E-state index contributed by atoms with van der Waals surface area (Å²) in [5, 5.41) is 5.16. The van der Waals surface area contributed by atoms with E-state index in [1.54, 1.807) is 18.2 Å². The molecule has 0 spiro atoms. The van der Waals surface area contributed by atoms with Gasteiger partial charge >= 0.3 is 6.03 Å². The van der Waals surface area contributed by atoms with Crippen molar-refractivity contribution in [3.8, 4) is 0 Å². The van der Waals surface area contributed by atoms with Crippen molar-refractivity contribution in [2.75, 3.05) is 10.2 Å². The zero-order valence-corrected chi connectivity index (χ0v) is 13.9. The number of imide groups is 2. The Hall–Kier alpha value is -3.41. The van der Waals surface area contributed by atoms with Crippen molar-refractivity contribution in [1.82, 2.24) is 5.32 Å². The number of barbiturate groups is 1. The maximum absolute atomic E-state index is 12.7. The van der Waals surface area contributed by atoms with Crippen LogP contribution in [0, 0.1) is 13.8 Å². The molecule has 1 aliphatic rings. The Morgan fingerprint density at radius 1 is 1.00 bits per heavy atom. The number of rotatable bonds is 3. The Morgan fingerprint density at radius 2 is 1.76 bits per heavy atom. The number of hydrogen-bond acceptors (Lipinski definition) is 4. The number of hydrogen-bond donors (Lipinski definition) is 2. The van der Waals surface area contributed by atoms with E-state index in [-0.39, 0.29) is 5.57 Å². The van der Waals surface area contributed by atoms with Gasteiger partial charge in [-0.25, -0.2) is 9.69 Å². The number of carbonyl (C=O) groups is 3. The Balaban J connectivity index is 1.93. The van der Waals surface area contributed by atoms with Gasteiger partial charge in [0.2, 0.25) is 0 Å². The zero-order valence-electron chi connectivity index (χ0n) is 13.9. The van der Waals surface area contributed by atoms with Crippen molar-refractivity contribution in [2.24, 2.45) is 0 Å². The first-order valence-corrected chi connectivity index (χ1v) is 7.76. The second-order valence-electron chi connectivity index (χ2n) is 5.76. The SMILES string of the molecule is Cc1cccc(N2C(=O)NC(=O)/C(=C/Nc3ccccc3C)C2=O)c1. The van der Waals surface area contributed by atoms with Crippen molar-refractivity contribution in [3.05, 3.63) is 71.4 Å². The lowest BCUT2D eigenvalue weighted by Gasteiger charge is -2.26. The van der Waals surface area contributed by atoms with E-state index in [4.69, 9.17) is 0 Å². The summed E-state index contributed by atoms with van der Waals surface area (Å²) in [5.41, 5.74) is 2.92. The van der Waals surface area contributed by atoms with Gasteiger partial charge in [-0.05, 0) is 43.2 Å². The topological polar surface area (TPSA) is 78.5 Å². The number of amides is 4. The fourth-order valence-corrected chi connectivity index (χ4v) is 2.54. The van der Waals surface area contributed by atoms with Gasteiger partial charge in [-0.3, -0.25) is 14.9 Å². The van der Waals surface area contributed by atoms with E-state index in [0.717, 1.165) is 21.7 Å². The second-order valence-corrected chi connectivity index (χ2v) is 5.76. The molecule has 6 heteroatoms. The molecule has 2 aromatic carbocycles. The van der Waals surface area contributed by atoms with Crippen LogP contribution >= 0.6 is 0 Å². The van der Waals surface area contributed by atoms with Crippen molar-refractivity contribution in [1.29, 1.82) is 0 Å². The number of para-hydroxylation sites is 1. The largest absolute Gasteiger partial charge is 0.360 e. The van der Waals surface area contributed by atoms with Crippen LogP contribution in [-0.2, 0) is 9.59 Å². The van der Waals surface area contributed by atoms with Gasteiger partial charge in [0, 0.05) is 11.9 Å². The minimum atomic E-state index is -0.756. The molecule has 0 bridgehead atoms. The molecule has 0 saturated carbocycles. The molecule has 3 rings (SSSR count). The molecule has 6 nitrogen and oxygen atoms in total. The molecule has 126 valence electrons. The zero-order chi connectivity index (χ0) is 18.0. The number of nitrogens with zero attached hydrogens (tertiary/aromatic N) is 1. The molecule has 0 unspecified atom stereocenters. The van der Waals surface area contributed by atoms with Gasteiger partial charge in [0.05, 0.1) is 5.69 Å². The molecule has 1 heterocycles. The van der Waals surface area contributed by atoms with E-state index in [2.05, 4.69) is 10.6 Å². The number of aryl methyl sites for hydroxylation is 2. The summed E-state index contributed by atoms with van der Waals surface area (Å²) < 4.78 is 0. The van der Waals surface area contributed by atoms with Gasteiger partial charge in [-0.15, -0.1) is 0 Å². The number of urea groups is 1. The maximum atomic E-state index is 12.7. The fourth-order valence-electron chi connectivity index (χ4n) is 2.54. The molecule has 2 aromatic rings. The van der Waals surface area contributed by atoms with Crippen LogP contribution in [0.25, 0.3) is 0 Å². The molecule has 4 amide bonds. The summed E-state index contributed by atoms with van der Waals surface area (Å²) in [4.78, 5) is 37.9. The highest BCUT2D eigenvalue weighted by molar-refractivity contribution is 6.37. The highest BCUT2D eigenvalue weighted by atomic mass is 16.2. The predicted molar refractivity (Wildman–Crippen MR) is 95.1 cm³/mol. The molecule has 1 fully saturated rings. The first kappa shape index (κ1) is 16.4. The lowest BCUT2D eigenvalue weighted by atomic mass is 10.1. The number of benzene rings is 2. The van der Waals surface area contributed by atoms with Crippen LogP contribution in [-0.4, -0.2) is 17.8 Å². The van der Waals surface area contributed by atoms with Crippen LogP contribution in [0.2, 0.25) is 0 Å². The van der Waals surface area contributed by atoms with Crippen molar-refractivity contribution in [2.45, 2.75) is 13.8 Å². The molecule has 0 aromatic heterocycles. The molecule has 0 radical (unpaired) electrons. The molecule has 25 heavy (non-hydrogen) atoms. The lowest BCUT2D eigenvalue weighted by molar-refractivity contribution is -0.122. The van der Waals surface area contributed by atoms with Crippen molar-refractivity contribution < 1.29 is 14.4 Å². The van der Waals surface area contributed by atoms with E-state index < -0.39 is 17.8 Å². The number of carbonyl (C=O) groups excluding carboxylic acids is 3. The first-order chi connectivity index (χ1) is 12.0. The number of anilines is 2. The predicted octanol–water partition coefficient (Wildman–Crippen LogP) is 2.88. The standard InChI is InChI=1S/C19H17N3O3/c1-12-6-5-8-14(10-12)22-18(24)15(17(23)21-19(22)25)11-20-16-9-4-3-7-13(16)2/h3-11,20H,1-2H3,(H,21,23,25)/b15-11-. The minimum Gasteiger partial charge on any atom is -0.360 e. The van der Waals surface area contributed by atoms with E-state index in [1.807, 2.05) is 44.2 Å². The van der Waals surface area contributed by atoms with Crippen LogP contribution in [0.5, 0.6) is 0 Å². The summed E-state index contributed by atoms with van der Waals surface area (Å²) in [5.74, 6) is -1.39. The van der Waals surface area contributed by atoms with Gasteiger partial charge in [-0.2, -0.15) is 0 Å². The average molecular weight is 335 g/mol. The Morgan fingerprint density at radius 3 is 2.48 bits per heavy atom. The van der Waals surface area contributed by atoms with Gasteiger partial charge in [0.15, 0.2) is 0 Å². The summed E-state index contributed by atoms with van der Waals surface area (Å²) in [6, 6.07) is 13.7. The third-order valence-corrected chi connectivity index (χ3v) is 3.88. The van der Waals surface area contributed by atoms with Crippen molar-refractivity contribution >= 4 is 29.2 Å². The summed E-state index contributed by atoms with van der Waals surface area (Å²) >= 11 is 0. The minimum absolute atomic E-state index is 0.135. The van der Waals surface area contributed by atoms with Crippen LogP contribution in [0.15, 0.2) is 60.3 Å². The molecule has 2 N–H and O–H groups in total. The van der Waals surface area contributed by atoms with Crippen LogP contribution in [0.3, 0.4) is 0 Å². The monoisotopic (exact) mass is 335 g/mol. The van der Waals surface area contributed by atoms with Gasteiger partial charge in [-0.1, -0.05) is 30.3 Å². The van der Waals surface area contributed by atoms with Crippen LogP contribution in [0.1, 0.15) is 11.1 Å². The molecule has 1 saturated heterocycles. The van der Waals surface area contributed by atoms with Gasteiger partial charge in [0.1, 0.15) is 5.57 Å². The van der Waals surface area contributed by atoms with Crippen LogP contribution in [0.4, 0.5) is 16.2 Å². The summed E-state index contributed by atoms with van der Waals surface area (Å²) in [6.45, 7) is 3.77. The van der Waals surface area contributed by atoms with Gasteiger partial charge in [0.25, 0.3) is 11.8 Å². The second kappa shape index (κ2) is 6.60.